The number of nitrogens with one attached hydrogen (secondary N) is 13. The normalized spacial score (nSPS) is 16.4. The molecule has 3 aromatic carbocycles. The number of H-pyrrole nitrogens is 1. The summed E-state index contributed by atoms with van der Waals surface area (Å²) < 4.78 is 0. The summed E-state index contributed by atoms with van der Waals surface area (Å²) in [5, 5.41) is 63.4. The van der Waals surface area contributed by atoms with Crippen LogP contribution in [0.5, 0.6) is 5.75 Å². The van der Waals surface area contributed by atoms with Crippen molar-refractivity contribution >= 4 is 76.1 Å². The van der Waals surface area contributed by atoms with Crippen molar-refractivity contribution in [1.29, 1.82) is 5.41 Å². The number of aromatic nitrogens is 1. The van der Waals surface area contributed by atoms with Crippen LogP contribution < -0.4 is 70.2 Å². The minimum Gasteiger partial charge on any atom is -0.508 e. The third-order valence-corrected chi connectivity index (χ3v) is 14.2. The molecule has 0 saturated carbocycles. The molecule has 20 N–H and O–H groups in total. The Bertz CT molecular complexity index is 3030. The second-order valence-electron chi connectivity index (χ2n) is 21.7. The Morgan fingerprint density at radius 3 is 1.94 bits per heavy atom. The average Bonchev–Trinajstić information content (AvgIpc) is 2.00. The fourth-order valence-corrected chi connectivity index (χ4v) is 9.77. The van der Waals surface area contributed by atoms with Crippen molar-refractivity contribution in [2.24, 2.45) is 17.4 Å². The molecule has 10 atom stereocenters. The zero-order chi connectivity index (χ0) is 63.9. The van der Waals surface area contributed by atoms with Gasteiger partial charge in [-0.15, -0.1) is 0 Å². The van der Waals surface area contributed by atoms with Crippen LogP contribution in [-0.2, 0) is 62.4 Å². The number of amides is 11. The molecule has 0 radical (unpaired) electrons. The summed E-state index contributed by atoms with van der Waals surface area (Å²) in [6.07, 6.45) is -1.44. The van der Waals surface area contributed by atoms with Crippen LogP contribution in [0.4, 0.5) is 4.79 Å². The van der Waals surface area contributed by atoms with Gasteiger partial charge >= 0.3 is 6.03 Å². The summed E-state index contributed by atoms with van der Waals surface area (Å²) in [5.74, 6) is -7.81. The zero-order valence-electron chi connectivity index (χ0n) is 49.2. The number of hydrazine groups is 1. The van der Waals surface area contributed by atoms with Crippen LogP contribution in [-0.4, -0.2) is 178 Å². The van der Waals surface area contributed by atoms with E-state index >= 15 is 0 Å². The van der Waals surface area contributed by atoms with Gasteiger partial charge in [-0.2, -0.15) is 0 Å². The van der Waals surface area contributed by atoms with Gasteiger partial charge in [-0.05, 0) is 80.0 Å². The number of hydrogen-bond donors (Lipinski definition) is 18. The van der Waals surface area contributed by atoms with Gasteiger partial charge in [0.15, 0.2) is 5.96 Å². The number of phenols is 1. The Morgan fingerprint density at radius 1 is 0.690 bits per heavy atom. The number of aromatic amines is 1. The first-order chi connectivity index (χ1) is 41.4. The number of phenolic OH excluding ortho intramolecular Hbond substituents is 1. The number of β-amino-alcohol motifs (C(OH)–C–C–N with tert-alkyl or cyclic N) is 1. The number of nitrogens with zero attached hydrogens (tertiary/aromatic N) is 1. The standard InChI is InChI=1S/C58H82N16O13/c1-31(2)24-44(52(82)66-41(16-11-23-63-57(61)62-5)50(80)68-43(49(60)79)27-36-29-64-40-15-10-9-14-39(36)40)70-58(87)73-72-53(83)45(25-34-12-7-6-8-13-34)69-55(85)48(32(3)75)71-51(81)42(21-22-59)67-54(84)47-28-38(78)30-74(47)56(86)46(65-33(4)76)26-35-17-19-37(77)20-18-35/h6-10,12-15,17-20,29,31-32,38,41-48,64,75,77-78H,11,16,21-28,30,59H2,1-5H3,(H2,60,79)(H,65,76)(H,66,82)(H,67,84)(H,68,80)(H,69,85)(H,71,81)(H,72,83)(H3,61,62,63)(H2,70,73,87)/t32-,38-,41+,42+,43+,44+,45+,46-,47+,48+/m1/s1. The second-order valence-corrected chi connectivity index (χ2v) is 21.7. The van der Waals surface area contributed by atoms with Crippen molar-refractivity contribution in [3.63, 3.8) is 0 Å². The molecule has 1 aliphatic rings. The number of nitrogens with two attached hydrogens (primary N) is 2. The number of carbonyl (C=O) groups excluding carboxylic acids is 10. The van der Waals surface area contributed by atoms with Gasteiger partial charge < -0.3 is 84.5 Å². The predicted molar refractivity (Wildman–Crippen MR) is 319 cm³/mol. The maximum atomic E-state index is 14.1. The Balaban J connectivity index is 1.26. The molecule has 0 unspecified atom stereocenters. The molecule has 1 aliphatic heterocycles. The fraction of sp³-hybridized carbons (Fsp3) is 0.466. The van der Waals surface area contributed by atoms with Crippen molar-refractivity contribution in [3.05, 3.63) is 102 Å². The number of rotatable bonds is 30. The molecular weight excluding hydrogens is 1130 g/mol. The lowest BCUT2D eigenvalue weighted by atomic mass is 10.0. The van der Waals surface area contributed by atoms with Gasteiger partial charge in [-0.1, -0.05) is 74.5 Å². The number of aliphatic hydroxyl groups excluding tert-OH is 2. The molecule has 87 heavy (non-hydrogen) atoms. The largest absolute Gasteiger partial charge is 0.508 e. The molecule has 0 bridgehead atoms. The molecule has 29 nitrogen and oxygen atoms in total. The summed E-state index contributed by atoms with van der Waals surface area (Å²) in [6, 6.07) is 9.48. The highest BCUT2D eigenvalue weighted by molar-refractivity contribution is 5.98. The number of primary amides is 1. The van der Waals surface area contributed by atoms with Gasteiger partial charge in [-0.3, -0.25) is 54.0 Å². The van der Waals surface area contributed by atoms with Crippen LogP contribution in [0.3, 0.4) is 0 Å². The summed E-state index contributed by atoms with van der Waals surface area (Å²) >= 11 is 0. The number of aromatic hydroxyl groups is 1. The first kappa shape index (κ1) is 68.4. The molecule has 1 fully saturated rings. The first-order valence-electron chi connectivity index (χ1n) is 28.6. The fourth-order valence-electron chi connectivity index (χ4n) is 9.77. The molecule has 0 spiro atoms. The molecule has 0 aliphatic carbocycles. The van der Waals surface area contributed by atoms with Crippen LogP contribution in [0.2, 0.25) is 0 Å². The van der Waals surface area contributed by atoms with Crippen LogP contribution >= 0.6 is 0 Å². The summed E-state index contributed by atoms with van der Waals surface area (Å²) in [6.45, 7) is 5.69. The number of carbonyl (C=O) groups is 10. The van der Waals surface area contributed by atoms with Crippen molar-refractivity contribution in [3.8, 4) is 5.75 Å². The molecule has 2 heterocycles. The Morgan fingerprint density at radius 2 is 1.30 bits per heavy atom. The van der Waals surface area contributed by atoms with Gasteiger partial charge in [0, 0.05) is 69.8 Å². The number of para-hydroxylation sites is 1. The number of benzene rings is 3. The number of urea groups is 1. The van der Waals surface area contributed by atoms with Gasteiger partial charge in [0.05, 0.1) is 12.2 Å². The number of likely N-dealkylation sites (tertiary alicyclic amines) is 1. The van der Waals surface area contributed by atoms with E-state index in [0.717, 1.165) is 15.8 Å². The molecular formula is C58H82N16O13. The predicted octanol–water partition coefficient (Wildman–Crippen LogP) is -2.72. The lowest BCUT2D eigenvalue weighted by Gasteiger charge is -2.30. The van der Waals surface area contributed by atoms with Crippen LogP contribution in [0.15, 0.2) is 85.1 Å². The Hall–Kier alpha value is -9.35. The summed E-state index contributed by atoms with van der Waals surface area (Å²) in [4.78, 5) is 141. The average molecular weight is 1210 g/mol. The topological polar surface area (TPSA) is 459 Å². The number of aliphatic hydroxyl groups is 2. The van der Waals surface area contributed by atoms with E-state index in [4.69, 9.17) is 16.9 Å². The monoisotopic (exact) mass is 1210 g/mol. The zero-order valence-corrected chi connectivity index (χ0v) is 49.2. The van der Waals surface area contributed by atoms with Gasteiger partial charge in [0.25, 0.3) is 5.91 Å². The lowest BCUT2D eigenvalue weighted by Crippen LogP contribution is -2.62. The summed E-state index contributed by atoms with van der Waals surface area (Å²) in [5.41, 5.74) is 18.7. The number of hydrogen-bond acceptors (Lipinski definition) is 15. The minimum atomic E-state index is -1.78. The van der Waals surface area contributed by atoms with Crippen molar-refractivity contribution in [1.82, 2.24) is 68.6 Å². The number of guanidine groups is 1. The van der Waals surface area contributed by atoms with Crippen molar-refractivity contribution in [2.45, 2.75) is 140 Å². The van der Waals surface area contributed by atoms with E-state index in [1.54, 1.807) is 69.6 Å². The highest BCUT2D eigenvalue weighted by Crippen LogP contribution is 2.23. The van der Waals surface area contributed by atoms with Gasteiger partial charge in [0.2, 0.25) is 47.3 Å². The Labute approximate surface area is 502 Å². The van der Waals surface area contributed by atoms with Gasteiger partial charge in [-0.25, -0.2) is 10.2 Å². The molecule has 29 heteroatoms. The molecule has 5 rings (SSSR count). The first-order valence-corrected chi connectivity index (χ1v) is 28.6. The van der Waals surface area contributed by atoms with Crippen LogP contribution in [0, 0.1) is 11.3 Å². The van der Waals surface area contributed by atoms with E-state index in [2.05, 4.69) is 63.7 Å². The van der Waals surface area contributed by atoms with E-state index in [9.17, 15) is 63.3 Å². The molecule has 1 saturated heterocycles. The van der Waals surface area contributed by atoms with Crippen LogP contribution in [0.1, 0.15) is 76.5 Å². The Kier molecular flexibility index (Phi) is 26.2. The highest BCUT2D eigenvalue weighted by atomic mass is 16.3. The van der Waals surface area contributed by atoms with E-state index in [0.29, 0.717) is 16.7 Å². The SMILES string of the molecule is CNC(=N)NCCC[C@H](NC(=O)[C@H](CC(C)C)NC(=O)NNC(=O)[C@H](Cc1ccccc1)NC(=O)[C@@H](NC(=O)[C@H](CCN)NC(=O)[C@@H]1C[C@@H](O)CN1C(=O)[C@@H](Cc1ccc(O)cc1)NC(C)=O)[C@@H](C)O)C(=O)N[C@@H](Cc1c[nH]c2ccccc12)C(N)=O. The summed E-state index contributed by atoms with van der Waals surface area (Å²) in [7, 11) is 1.55. The third kappa shape index (κ3) is 21.3. The molecule has 1 aromatic heterocycles. The van der Waals surface area contributed by atoms with Crippen molar-refractivity contribution < 1.29 is 63.3 Å². The van der Waals surface area contributed by atoms with E-state index < -0.39 is 120 Å². The smallest absolute Gasteiger partial charge is 0.334 e. The van der Waals surface area contributed by atoms with Gasteiger partial charge in [0.1, 0.15) is 54.1 Å². The third-order valence-electron chi connectivity index (χ3n) is 14.2. The van der Waals surface area contributed by atoms with Crippen molar-refractivity contribution in [2.75, 3.05) is 26.7 Å². The molecule has 11 amide bonds. The number of fused-ring (bicyclic) bond motifs is 1. The second kappa shape index (κ2) is 33.4. The molecule has 472 valence electrons. The quantitative estimate of drug-likeness (QED) is 0.0109. The maximum absolute atomic E-state index is 14.1. The lowest BCUT2D eigenvalue weighted by molar-refractivity contribution is -0.142. The van der Waals surface area contributed by atoms with E-state index in [1.165, 1.54) is 26.0 Å². The minimum absolute atomic E-state index is 0.0125. The van der Waals surface area contributed by atoms with Crippen LogP contribution in [0.25, 0.3) is 10.9 Å². The van der Waals surface area contributed by atoms with E-state index in [-0.39, 0.29) is 88.6 Å². The maximum Gasteiger partial charge on any atom is 0.334 e. The highest BCUT2D eigenvalue weighted by Gasteiger charge is 2.43. The molecule has 4 aromatic rings. The van der Waals surface area contributed by atoms with E-state index in [1.807, 2.05) is 24.3 Å².